The van der Waals surface area contributed by atoms with Crippen molar-refractivity contribution in [3.05, 3.63) is 18.0 Å². The van der Waals surface area contributed by atoms with Crippen molar-refractivity contribution in [1.29, 1.82) is 0 Å². The number of hydrogen-bond acceptors (Lipinski definition) is 2. The SMILES string of the molecule is Cn1cc(CNC2(C)CCC2)cn1. The molecule has 1 saturated carbocycles. The van der Waals surface area contributed by atoms with Crippen molar-refractivity contribution in [2.45, 2.75) is 38.3 Å². The van der Waals surface area contributed by atoms with Gasteiger partial charge in [-0.05, 0) is 26.2 Å². The van der Waals surface area contributed by atoms with Gasteiger partial charge in [-0.25, -0.2) is 0 Å². The molecule has 1 aromatic heterocycles. The molecule has 0 aliphatic heterocycles. The normalized spacial score (nSPS) is 19.8. The van der Waals surface area contributed by atoms with Crippen molar-refractivity contribution in [3.63, 3.8) is 0 Å². The molecule has 3 heteroatoms. The first kappa shape index (κ1) is 8.75. The fraction of sp³-hybridized carbons (Fsp3) is 0.700. The third kappa shape index (κ3) is 1.91. The fourth-order valence-corrected chi connectivity index (χ4v) is 1.76. The van der Waals surface area contributed by atoms with Crippen molar-refractivity contribution < 1.29 is 0 Å². The molecule has 1 heterocycles. The Morgan fingerprint density at radius 3 is 2.85 bits per heavy atom. The van der Waals surface area contributed by atoms with Gasteiger partial charge in [-0.3, -0.25) is 4.68 Å². The van der Waals surface area contributed by atoms with Gasteiger partial charge in [-0.15, -0.1) is 0 Å². The van der Waals surface area contributed by atoms with Crippen LogP contribution >= 0.6 is 0 Å². The number of nitrogens with zero attached hydrogens (tertiary/aromatic N) is 2. The maximum absolute atomic E-state index is 4.14. The van der Waals surface area contributed by atoms with E-state index in [1.54, 1.807) is 0 Å². The molecule has 0 aromatic carbocycles. The summed E-state index contributed by atoms with van der Waals surface area (Å²) in [6.45, 7) is 3.25. The summed E-state index contributed by atoms with van der Waals surface area (Å²) in [6.07, 6.45) is 7.99. The zero-order valence-corrected chi connectivity index (χ0v) is 8.38. The Labute approximate surface area is 79.1 Å². The smallest absolute Gasteiger partial charge is 0.0534 e. The first-order valence-corrected chi connectivity index (χ1v) is 4.91. The Morgan fingerprint density at radius 2 is 2.38 bits per heavy atom. The van der Waals surface area contributed by atoms with Crippen LogP contribution in [-0.4, -0.2) is 15.3 Å². The van der Waals surface area contributed by atoms with Crippen molar-refractivity contribution >= 4 is 0 Å². The fourth-order valence-electron chi connectivity index (χ4n) is 1.76. The largest absolute Gasteiger partial charge is 0.307 e. The van der Waals surface area contributed by atoms with Gasteiger partial charge in [0.1, 0.15) is 0 Å². The highest BCUT2D eigenvalue weighted by molar-refractivity contribution is 5.05. The zero-order chi connectivity index (χ0) is 9.31. The molecule has 1 aliphatic carbocycles. The summed E-state index contributed by atoms with van der Waals surface area (Å²) >= 11 is 0. The third-order valence-electron chi connectivity index (χ3n) is 2.93. The van der Waals surface area contributed by atoms with Gasteiger partial charge in [0.2, 0.25) is 0 Å². The second-order valence-corrected chi connectivity index (χ2v) is 4.29. The van der Waals surface area contributed by atoms with E-state index < -0.39 is 0 Å². The minimum absolute atomic E-state index is 0.399. The molecule has 1 N–H and O–H groups in total. The predicted octanol–water partition coefficient (Wildman–Crippen LogP) is 1.45. The molecule has 0 saturated heterocycles. The lowest BCUT2D eigenvalue weighted by atomic mass is 9.78. The van der Waals surface area contributed by atoms with Crippen LogP contribution in [0.3, 0.4) is 0 Å². The predicted molar refractivity (Wildman–Crippen MR) is 52.3 cm³/mol. The quantitative estimate of drug-likeness (QED) is 0.761. The van der Waals surface area contributed by atoms with Crippen molar-refractivity contribution in [2.75, 3.05) is 0 Å². The van der Waals surface area contributed by atoms with Crippen molar-refractivity contribution in [3.8, 4) is 0 Å². The molecule has 0 amide bonds. The average molecular weight is 179 g/mol. The van der Waals surface area contributed by atoms with Crippen LogP contribution in [0.1, 0.15) is 31.7 Å². The van der Waals surface area contributed by atoms with Crippen molar-refractivity contribution in [1.82, 2.24) is 15.1 Å². The van der Waals surface area contributed by atoms with Crippen LogP contribution in [0.2, 0.25) is 0 Å². The molecular formula is C10H17N3. The van der Waals surface area contributed by atoms with Gasteiger partial charge < -0.3 is 5.32 Å². The highest BCUT2D eigenvalue weighted by Crippen LogP contribution is 2.31. The van der Waals surface area contributed by atoms with Crippen LogP contribution < -0.4 is 5.32 Å². The second-order valence-electron chi connectivity index (χ2n) is 4.29. The van der Waals surface area contributed by atoms with E-state index in [2.05, 4.69) is 23.5 Å². The number of hydrogen-bond donors (Lipinski definition) is 1. The lowest BCUT2D eigenvalue weighted by molar-refractivity contribution is 0.207. The lowest BCUT2D eigenvalue weighted by Gasteiger charge is -2.39. The van der Waals surface area contributed by atoms with E-state index in [-0.39, 0.29) is 0 Å². The average Bonchev–Trinajstić information content (AvgIpc) is 2.44. The van der Waals surface area contributed by atoms with E-state index in [0.29, 0.717) is 5.54 Å². The molecule has 3 nitrogen and oxygen atoms in total. The molecule has 0 radical (unpaired) electrons. The molecule has 13 heavy (non-hydrogen) atoms. The van der Waals surface area contributed by atoms with Crippen LogP contribution in [0.5, 0.6) is 0 Å². The summed E-state index contributed by atoms with van der Waals surface area (Å²) in [5, 5.41) is 7.71. The van der Waals surface area contributed by atoms with Gasteiger partial charge in [0, 0.05) is 30.9 Å². The molecule has 72 valence electrons. The van der Waals surface area contributed by atoms with Gasteiger partial charge >= 0.3 is 0 Å². The summed E-state index contributed by atoms with van der Waals surface area (Å²) < 4.78 is 1.85. The molecule has 0 bridgehead atoms. The Bertz CT molecular complexity index is 286. The lowest BCUT2D eigenvalue weighted by Crippen LogP contribution is -2.47. The Balaban J connectivity index is 1.85. The van der Waals surface area contributed by atoms with E-state index in [1.807, 2.05) is 17.9 Å². The molecular weight excluding hydrogens is 162 g/mol. The highest BCUT2D eigenvalue weighted by atomic mass is 15.2. The monoisotopic (exact) mass is 179 g/mol. The number of nitrogens with one attached hydrogen (secondary N) is 1. The molecule has 0 spiro atoms. The van der Waals surface area contributed by atoms with Crippen LogP contribution in [0.15, 0.2) is 12.4 Å². The maximum atomic E-state index is 4.14. The molecule has 0 atom stereocenters. The number of rotatable bonds is 3. The van der Waals surface area contributed by atoms with Crippen LogP contribution in [0, 0.1) is 0 Å². The third-order valence-corrected chi connectivity index (χ3v) is 2.93. The first-order chi connectivity index (χ1) is 6.18. The standard InChI is InChI=1S/C10H17N3/c1-10(4-3-5-10)11-6-9-7-12-13(2)8-9/h7-8,11H,3-6H2,1-2H3. The van der Waals surface area contributed by atoms with E-state index in [4.69, 9.17) is 0 Å². The molecule has 1 aromatic rings. The maximum Gasteiger partial charge on any atom is 0.0534 e. The van der Waals surface area contributed by atoms with Gasteiger partial charge in [0.05, 0.1) is 6.20 Å². The second kappa shape index (κ2) is 3.14. The number of aromatic nitrogens is 2. The number of aryl methyl sites for hydroxylation is 1. The molecule has 1 fully saturated rings. The first-order valence-electron chi connectivity index (χ1n) is 4.91. The summed E-state index contributed by atoms with van der Waals surface area (Å²) in [7, 11) is 1.95. The van der Waals surface area contributed by atoms with Gasteiger partial charge in [0.15, 0.2) is 0 Å². The van der Waals surface area contributed by atoms with E-state index in [1.165, 1.54) is 24.8 Å². The summed E-state index contributed by atoms with van der Waals surface area (Å²) in [5.74, 6) is 0. The van der Waals surface area contributed by atoms with Gasteiger partial charge in [0.25, 0.3) is 0 Å². The van der Waals surface area contributed by atoms with Crippen LogP contribution in [0.25, 0.3) is 0 Å². The minimum Gasteiger partial charge on any atom is -0.307 e. The highest BCUT2D eigenvalue weighted by Gasteiger charge is 2.30. The van der Waals surface area contributed by atoms with E-state index in [9.17, 15) is 0 Å². The van der Waals surface area contributed by atoms with Crippen molar-refractivity contribution in [2.24, 2.45) is 7.05 Å². The van der Waals surface area contributed by atoms with Crippen LogP contribution in [-0.2, 0) is 13.6 Å². The Hall–Kier alpha value is -0.830. The molecule has 0 unspecified atom stereocenters. The Morgan fingerprint density at radius 1 is 1.62 bits per heavy atom. The molecule has 2 rings (SSSR count). The molecule has 1 aliphatic rings. The summed E-state index contributed by atoms with van der Waals surface area (Å²) in [6, 6.07) is 0. The van der Waals surface area contributed by atoms with Gasteiger partial charge in [-0.2, -0.15) is 5.10 Å². The van der Waals surface area contributed by atoms with E-state index >= 15 is 0 Å². The van der Waals surface area contributed by atoms with Crippen LogP contribution in [0.4, 0.5) is 0 Å². The topological polar surface area (TPSA) is 29.9 Å². The Kier molecular flexibility index (Phi) is 2.12. The minimum atomic E-state index is 0.399. The summed E-state index contributed by atoms with van der Waals surface area (Å²) in [4.78, 5) is 0. The van der Waals surface area contributed by atoms with Gasteiger partial charge in [-0.1, -0.05) is 0 Å². The summed E-state index contributed by atoms with van der Waals surface area (Å²) in [5.41, 5.74) is 1.67. The van der Waals surface area contributed by atoms with E-state index in [0.717, 1.165) is 6.54 Å². The zero-order valence-electron chi connectivity index (χ0n) is 8.38.